The number of nitrogens with zero attached hydrogens (tertiary/aromatic N) is 7. The quantitative estimate of drug-likeness (QED) is 0.0933. The van der Waals surface area contributed by atoms with Crippen molar-refractivity contribution in [3.8, 4) is 17.2 Å². The molecule has 6 heterocycles. The Morgan fingerprint density at radius 2 is 1.01 bits per heavy atom. The van der Waals surface area contributed by atoms with Gasteiger partial charge in [0.15, 0.2) is 6.61 Å². The van der Waals surface area contributed by atoms with E-state index in [2.05, 4.69) is 31.6 Å². The lowest BCUT2D eigenvalue weighted by atomic mass is 9.94. The van der Waals surface area contributed by atoms with Gasteiger partial charge in [-0.15, -0.1) is 5.10 Å². The zero-order chi connectivity index (χ0) is 69.0. The highest BCUT2D eigenvalue weighted by Crippen LogP contribution is 2.30. The number of likely N-dealkylation sites (N-methyl/N-ethyl adjacent to an activating group) is 2. The molecule has 2 saturated heterocycles. The molecule has 24 nitrogen and oxygen atoms in total. The minimum atomic E-state index is -1.04. The first-order chi connectivity index (χ1) is 46.1. The molecule has 4 bridgehead atoms. The van der Waals surface area contributed by atoms with Crippen LogP contribution < -0.4 is 35.5 Å². The Bertz CT molecular complexity index is 3320. The first-order valence-corrected chi connectivity index (χ1v) is 34.6. The van der Waals surface area contributed by atoms with E-state index in [1.54, 1.807) is 73.6 Å². The monoisotopic (exact) mass is 1330 g/mol. The smallest absolute Gasteiger partial charge is 0.344 e. The lowest BCUT2D eigenvalue weighted by Gasteiger charge is -2.35. The minimum Gasteiger partial charge on any atom is -0.490 e. The molecule has 0 aliphatic carbocycles. The number of hydrogen-bond acceptors (Lipinski definition) is 15. The number of amides is 8. The van der Waals surface area contributed by atoms with Crippen molar-refractivity contribution in [3.63, 3.8) is 0 Å². The summed E-state index contributed by atoms with van der Waals surface area (Å²) in [5, 5.41) is 21.5. The van der Waals surface area contributed by atoms with Crippen molar-refractivity contribution in [1.29, 1.82) is 0 Å². The Labute approximate surface area is 564 Å². The minimum absolute atomic E-state index is 0.0101. The Morgan fingerprint density at radius 3 is 1.57 bits per heavy atom. The standard InChI is InChI=1S/C72H101N11O13/c1-46(2)39-54-69(89)81-34-19-23-57(81)71(91)79(8)60(41-48(5)6)67(87)73-32-17-11-10-12-18-36-83-59(56(77-78-83)44-95-62-25-15-13-21-52(62)65(85)75-54)42-49(7)43-61-68(88)74-33-31-50-27-29-51(30-28-50)93-37-38-94-64(84)45-96-63-26-16-14-22-53(63)66(86)76-55(40-47(3)4)70(90)82-35-20-24-58(82)72(92)80(61)9/h13-16,21-22,25-30,46-49,54-55,57-58,60-61H,10-12,17-20,23-24,31-45H2,1-9H3,(H,73,87)(H,74,88)(H,75,85)(H,76,86)/t49?,54-,55-,57-,58-,60+,61+/m1/s1. The summed E-state index contributed by atoms with van der Waals surface area (Å²) in [7, 11) is 3.25. The van der Waals surface area contributed by atoms with Gasteiger partial charge >= 0.3 is 5.97 Å². The number of aromatic nitrogens is 3. The lowest BCUT2D eigenvalue weighted by Crippen LogP contribution is -2.57. The normalized spacial score (nSPS) is 23.1. The lowest BCUT2D eigenvalue weighted by molar-refractivity contribution is -0.148. The third-order valence-electron chi connectivity index (χ3n) is 18.3. The van der Waals surface area contributed by atoms with Crippen LogP contribution in [0, 0.1) is 23.7 Å². The molecule has 96 heavy (non-hydrogen) atoms. The highest BCUT2D eigenvalue weighted by molar-refractivity contribution is 6.02. The Balaban J connectivity index is 1.06. The summed E-state index contributed by atoms with van der Waals surface area (Å²) in [4.78, 5) is 136. The summed E-state index contributed by atoms with van der Waals surface area (Å²) in [5.74, 6) is -3.32. The van der Waals surface area contributed by atoms with Crippen LogP contribution in [0.1, 0.15) is 170 Å². The highest BCUT2D eigenvalue weighted by Gasteiger charge is 2.44. The van der Waals surface area contributed by atoms with Crippen LogP contribution >= 0.6 is 0 Å². The zero-order valence-corrected chi connectivity index (χ0v) is 57.6. The number of esters is 1. The summed E-state index contributed by atoms with van der Waals surface area (Å²) in [6.45, 7) is 15.0. The maximum atomic E-state index is 15.2. The van der Waals surface area contributed by atoms with Crippen LogP contribution in [-0.2, 0) is 64.3 Å². The summed E-state index contributed by atoms with van der Waals surface area (Å²) in [6, 6.07) is 15.0. The van der Waals surface area contributed by atoms with E-state index >= 15 is 4.79 Å². The van der Waals surface area contributed by atoms with Crippen molar-refractivity contribution < 1.29 is 62.1 Å². The van der Waals surface area contributed by atoms with Gasteiger partial charge in [0.1, 0.15) is 79.0 Å². The maximum Gasteiger partial charge on any atom is 0.344 e. The predicted octanol–water partition coefficient (Wildman–Crippen LogP) is 6.85. The van der Waals surface area contributed by atoms with Gasteiger partial charge < -0.3 is 59.8 Å². The van der Waals surface area contributed by atoms with Gasteiger partial charge in [0.2, 0.25) is 35.4 Å². The molecule has 7 atom stereocenters. The van der Waals surface area contributed by atoms with Crippen molar-refractivity contribution in [2.75, 3.05) is 60.1 Å². The first kappa shape index (κ1) is 73.2. The molecular formula is C72H101N11O13. The van der Waals surface area contributed by atoms with Gasteiger partial charge in [0.05, 0.1) is 16.8 Å². The largest absolute Gasteiger partial charge is 0.490 e. The highest BCUT2D eigenvalue weighted by atomic mass is 16.6. The topological polar surface area (TPSA) is 282 Å². The molecule has 3 aromatic carbocycles. The second kappa shape index (κ2) is 35.4. The van der Waals surface area contributed by atoms with E-state index in [1.807, 2.05) is 65.3 Å². The van der Waals surface area contributed by atoms with Crippen LogP contribution in [0.2, 0.25) is 0 Å². The Kier molecular flexibility index (Phi) is 27.0. The number of carbonyl (C=O) groups is 9. The predicted molar refractivity (Wildman–Crippen MR) is 359 cm³/mol. The molecular weight excluding hydrogens is 1230 g/mol. The SMILES string of the molecule is CC(C)C[C@H]1NC(=O)c2ccccc2OCc2nnn(c2CC(C)C[C@H]2C(=O)NCCc3ccc(cc3)OCCOC(=O)COc3ccccc3C(=O)N[C@H](CC(C)C)C(=O)N3CCC[C@@H]3C(=O)N2C)CCCCCCCNC(=O)[C@H](CC(C)C)N(C)C(=O)[C@H]2CCCN2C1=O. The molecule has 0 radical (unpaired) electrons. The summed E-state index contributed by atoms with van der Waals surface area (Å²) < 4.78 is 25.4. The van der Waals surface area contributed by atoms with E-state index in [-0.39, 0.29) is 116 Å². The van der Waals surface area contributed by atoms with Gasteiger partial charge in [-0.25, -0.2) is 9.48 Å². The number of carbonyl (C=O) groups excluding carboxylic acids is 9. The van der Waals surface area contributed by atoms with Crippen molar-refractivity contribution in [2.45, 2.75) is 194 Å². The number of benzene rings is 3. The van der Waals surface area contributed by atoms with E-state index in [0.29, 0.717) is 82.4 Å². The molecule has 1 aromatic heterocycles. The Hall–Kier alpha value is -8.57. The van der Waals surface area contributed by atoms with Crippen LogP contribution in [0.15, 0.2) is 72.8 Å². The third-order valence-corrected chi connectivity index (χ3v) is 18.3. The van der Waals surface area contributed by atoms with Crippen molar-refractivity contribution in [3.05, 3.63) is 101 Å². The van der Waals surface area contributed by atoms with Gasteiger partial charge in [-0.3, -0.25) is 38.4 Å². The molecule has 4 aromatic rings. The fourth-order valence-electron chi connectivity index (χ4n) is 13.3. The number of rotatable bonds is 10. The van der Waals surface area contributed by atoms with Gasteiger partial charge in [-0.1, -0.05) is 109 Å². The molecule has 24 heteroatoms. The Morgan fingerprint density at radius 1 is 0.510 bits per heavy atom. The van der Waals surface area contributed by atoms with Crippen LogP contribution in [0.3, 0.4) is 0 Å². The second-order valence-electron chi connectivity index (χ2n) is 27.4. The number of hydrogen-bond donors (Lipinski definition) is 4. The van der Waals surface area contributed by atoms with Crippen LogP contribution in [0.5, 0.6) is 17.2 Å². The van der Waals surface area contributed by atoms with E-state index in [9.17, 15) is 38.4 Å². The molecule has 2 fully saturated rings. The van der Waals surface area contributed by atoms with Crippen LogP contribution in [-0.4, -0.2) is 184 Å². The zero-order valence-electron chi connectivity index (χ0n) is 57.6. The number of para-hydroxylation sites is 2. The molecule has 5 aliphatic heterocycles. The second-order valence-corrected chi connectivity index (χ2v) is 27.4. The third kappa shape index (κ3) is 20.0. The molecule has 0 spiro atoms. The van der Waals surface area contributed by atoms with E-state index in [0.717, 1.165) is 43.4 Å². The van der Waals surface area contributed by atoms with Crippen molar-refractivity contribution in [1.82, 2.24) is 55.9 Å². The maximum absolute atomic E-state index is 15.2. The first-order valence-electron chi connectivity index (χ1n) is 34.6. The van der Waals surface area contributed by atoms with Crippen LogP contribution in [0.25, 0.3) is 0 Å². The molecule has 4 N–H and O–H groups in total. The average Bonchev–Trinajstić information content (AvgIpc) is 1.61. The molecule has 1 unspecified atom stereocenters. The van der Waals surface area contributed by atoms with Gasteiger partial charge in [-0.2, -0.15) is 0 Å². The number of ether oxygens (including phenoxy) is 4. The van der Waals surface area contributed by atoms with Crippen molar-refractivity contribution >= 4 is 53.2 Å². The average molecular weight is 1330 g/mol. The molecule has 522 valence electrons. The summed E-state index contributed by atoms with van der Waals surface area (Å²) in [6.07, 6.45) is 7.88. The van der Waals surface area contributed by atoms with E-state index in [4.69, 9.17) is 18.9 Å². The van der Waals surface area contributed by atoms with Gasteiger partial charge in [0.25, 0.3) is 11.8 Å². The number of fused-ring (bicyclic) bond motifs is 21. The number of nitrogens with one attached hydrogen (secondary N) is 4. The van der Waals surface area contributed by atoms with Crippen LogP contribution in [0.4, 0.5) is 0 Å². The molecule has 5 aliphatic rings. The molecule has 8 amide bonds. The molecule has 0 saturated carbocycles. The summed E-state index contributed by atoms with van der Waals surface area (Å²) in [5.41, 5.74) is 2.44. The molecule has 9 rings (SSSR count). The summed E-state index contributed by atoms with van der Waals surface area (Å²) >= 11 is 0. The fourth-order valence-corrected chi connectivity index (χ4v) is 13.3. The van der Waals surface area contributed by atoms with Gasteiger partial charge in [-0.05, 0) is 143 Å². The van der Waals surface area contributed by atoms with Crippen molar-refractivity contribution in [2.24, 2.45) is 23.7 Å². The van der Waals surface area contributed by atoms with Gasteiger partial charge in [0, 0.05) is 46.8 Å². The van der Waals surface area contributed by atoms with E-state index in [1.165, 1.54) is 20.8 Å². The van der Waals surface area contributed by atoms with E-state index < -0.39 is 72.5 Å². The fraction of sp³-hybridized carbons (Fsp3) is 0.597. The number of aryl methyl sites for hydroxylation is 1.